The molecule has 7 heteroatoms. The summed E-state index contributed by atoms with van der Waals surface area (Å²) in [7, 11) is -1.48. The molecule has 0 aromatic carbocycles. The van der Waals surface area contributed by atoms with E-state index in [9.17, 15) is 8.42 Å². The molecule has 0 aliphatic heterocycles. The van der Waals surface area contributed by atoms with Crippen LogP contribution in [0.3, 0.4) is 0 Å². The van der Waals surface area contributed by atoms with E-state index in [1.165, 1.54) is 0 Å². The number of ether oxygens (including phenoxy) is 1. The van der Waals surface area contributed by atoms with Crippen LogP contribution in [-0.4, -0.2) is 47.5 Å². The Balaban J connectivity index is 0. The summed E-state index contributed by atoms with van der Waals surface area (Å²) in [6.07, 6.45) is 1.97. The second-order valence-corrected chi connectivity index (χ2v) is 6.16. The van der Waals surface area contributed by atoms with Crippen LogP contribution < -0.4 is 10.0 Å². The zero-order chi connectivity index (χ0) is 13.1. The fourth-order valence-electron chi connectivity index (χ4n) is 1.60. The number of hydrogen-bond donors (Lipinski definition) is 2. The molecule has 0 bridgehead atoms. The Labute approximate surface area is 118 Å². The average molecular weight is 303 g/mol. The van der Waals surface area contributed by atoms with Gasteiger partial charge in [-0.3, -0.25) is 0 Å². The molecule has 0 amide bonds. The van der Waals surface area contributed by atoms with E-state index in [1.807, 2.05) is 6.92 Å². The Kier molecular flexibility index (Phi) is 13.8. The third-order valence-corrected chi connectivity index (χ3v) is 4.04. The molecule has 0 aromatic rings. The molecule has 1 atom stereocenters. The molecule has 2 N–H and O–H groups in total. The first-order valence-corrected chi connectivity index (χ1v) is 7.84. The lowest BCUT2D eigenvalue weighted by atomic mass is 10.1. The molecule has 5 nitrogen and oxygen atoms in total. The number of hydrogen-bond acceptors (Lipinski definition) is 4. The highest BCUT2D eigenvalue weighted by atomic mass is 35.5. The maximum absolute atomic E-state index is 11.6. The molecule has 0 saturated carbocycles. The van der Waals surface area contributed by atoms with Crippen LogP contribution in [0.4, 0.5) is 0 Å². The topological polar surface area (TPSA) is 67.4 Å². The van der Waals surface area contributed by atoms with Crippen molar-refractivity contribution in [1.82, 2.24) is 10.0 Å². The highest BCUT2D eigenvalue weighted by molar-refractivity contribution is 7.89. The molecule has 0 aromatic heterocycles. The van der Waals surface area contributed by atoms with Crippen LogP contribution in [0, 0.1) is 5.92 Å². The monoisotopic (exact) mass is 302 g/mol. The van der Waals surface area contributed by atoms with Crippen molar-refractivity contribution in [3.63, 3.8) is 0 Å². The van der Waals surface area contributed by atoms with Gasteiger partial charge in [0, 0.05) is 26.7 Å². The fraction of sp³-hybridized carbons (Fsp3) is 1.00. The van der Waals surface area contributed by atoms with E-state index in [-0.39, 0.29) is 24.1 Å². The van der Waals surface area contributed by atoms with Gasteiger partial charge in [0.25, 0.3) is 0 Å². The molecule has 0 radical (unpaired) electrons. The first-order valence-electron chi connectivity index (χ1n) is 6.18. The van der Waals surface area contributed by atoms with Gasteiger partial charge in [0.05, 0.1) is 12.4 Å². The van der Waals surface area contributed by atoms with Gasteiger partial charge in [-0.05, 0) is 12.3 Å². The van der Waals surface area contributed by atoms with Crippen LogP contribution >= 0.6 is 12.4 Å². The van der Waals surface area contributed by atoms with Gasteiger partial charge in [0.2, 0.25) is 10.0 Å². The van der Waals surface area contributed by atoms with Crippen molar-refractivity contribution >= 4 is 22.4 Å². The lowest BCUT2D eigenvalue weighted by Gasteiger charge is -2.12. The summed E-state index contributed by atoms with van der Waals surface area (Å²) in [5, 5.41) is 3.09. The predicted octanol–water partition coefficient (Wildman–Crippen LogP) is 1.000. The van der Waals surface area contributed by atoms with Gasteiger partial charge in [0.1, 0.15) is 0 Å². The smallest absolute Gasteiger partial charge is 0.211 e. The van der Waals surface area contributed by atoms with E-state index in [2.05, 4.69) is 17.0 Å². The van der Waals surface area contributed by atoms with Crippen LogP contribution in [0.5, 0.6) is 0 Å². The van der Waals surface area contributed by atoms with Crippen LogP contribution in [0.25, 0.3) is 0 Å². The normalized spacial score (nSPS) is 13.1. The molecule has 0 spiro atoms. The minimum atomic E-state index is -3.12. The highest BCUT2D eigenvalue weighted by Crippen LogP contribution is 2.07. The van der Waals surface area contributed by atoms with E-state index < -0.39 is 10.0 Å². The fourth-order valence-corrected chi connectivity index (χ4v) is 3.05. The Morgan fingerprint density at radius 2 is 1.89 bits per heavy atom. The van der Waals surface area contributed by atoms with Crippen LogP contribution in [0.2, 0.25) is 0 Å². The second-order valence-electron chi connectivity index (χ2n) is 4.31. The summed E-state index contributed by atoms with van der Waals surface area (Å²) in [5.41, 5.74) is 0. The van der Waals surface area contributed by atoms with Crippen molar-refractivity contribution in [2.24, 2.45) is 5.92 Å². The number of sulfonamides is 1. The van der Waals surface area contributed by atoms with Gasteiger partial charge in [-0.2, -0.15) is 0 Å². The molecule has 0 aliphatic rings. The van der Waals surface area contributed by atoms with E-state index in [1.54, 1.807) is 7.11 Å². The summed E-state index contributed by atoms with van der Waals surface area (Å²) in [5.74, 6) is 0.442. The maximum atomic E-state index is 11.6. The predicted molar refractivity (Wildman–Crippen MR) is 77.9 cm³/mol. The van der Waals surface area contributed by atoms with Crippen molar-refractivity contribution in [3.05, 3.63) is 0 Å². The van der Waals surface area contributed by atoms with Gasteiger partial charge in [-0.15, -0.1) is 12.4 Å². The number of halogens is 1. The molecule has 0 saturated heterocycles. The van der Waals surface area contributed by atoms with Crippen molar-refractivity contribution in [2.45, 2.75) is 26.7 Å². The zero-order valence-electron chi connectivity index (χ0n) is 11.6. The van der Waals surface area contributed by atoms with Crippen LogP contribution in [0.15, 0.2) is 0 Å². The quantitative estimate of drug-likeness (QED) is 0.559. The van der Waals surface area contributed by atoms with Gasteiger partial charge >= 0.3 is 0 Å². The molecule has 18 heavy (non-hydrogen) atoms. The van der Waals surface area contributed by atoms with Gasteiger partial charge < -0.3 is 10.1 Å². The Morgan fingerprint density at radius 3 is 2.44 bits per heavy atom. The summed E-state index contributed by atoms with van der Waals surface area (Å²) < 4.78 is 30.7. The highest BCUT2D eigenvalue weighted by Gasteiger charge is 2.13. The lowest BCUT2D eigenvalue weighted by Crippen LogP contribution is -2.35. The second kappa shape index (κ2) is 12.2. The Hall–Kier alpha value is 0.120. The van der Waals surface area contributed by atoms with E-state index in [0.717, 1.165) is 19.4 Å². The van der Waals surface area contributed by atoms with Crippen LogP contribution in [-0.2, 0) is 14.8 Å². The SMILES string of the molecule is CCCC(C)CS(=O)(=O)NCCNCCOC.Cl. The van der Waals surface area contributed by atoms with Crippen molar-refractivity contribution in [1.29, 1.82) is 0 Å². The minimum Gasteiger partial charge on any atom is -0.383 e. The number of nitrogens with one attached hydrogen (secondary N) is 2. The molecule has 0 fully saturated rings. The lowest BCUT2D eigenvalue weighted by molar-refractivity contribution is 0.199. The molecule has 0 aliphatic carbocycles. The largest absolute Gasteiger partial charge is 0.383 e. The number of methoxy groups -OCH3 is 1. The summed E-state index contributed by atoms with van der Waals surface area (Å²) in [4.78, 5) is 0. The molecule has 0 rings (SSSR count). The van der Waals surface area contributed by atoms with Crippen molar-refractivity contribution in [3.8, 4) is 0 Å². The minimum absolute atomic E-state index is 0. The third kappa shape index (κ3) is 12.6. The third-order valence-electron chi connectivity index (χ3n) is 2.39. The van der Waals surface area contributed by atoms with Crippen LogP contribution in [0.1, 0.15) is 26.7 Å². The van der Waals surface area contributed by atoms with Gasteiger partial charge in [0.15, 0.2) is 0 Å². The number of rotatable bonds is 11. The van der Waals surface area contributed by atoms with Gasteiger partial charge in [-0.25, -0.2) is 13.1 Å². The molecular weight excluding hydrogens is 276 g/mol. The zero-order valence-corrected chi connectivity index (χ0v) is 13.2. The first-order chi connectivity index (χ1) is 8.02. The molecule has 112 valence electrons. The van der Waals surface area contributed by atoms with Gasteiger partial charge in [-0.1, -0.05) is 20.3 Å². The maximum Gasteiger partial charge on any atom is 0.211 e. The molecular formula is C11H27ClN2O3S. The first kappa shape index (κ1) is 20.4. The summed E-state index contributed by atoms with van der Waals surface area (Å²) >= 11 is 0. The van der Waals surface area contributed by atoms with Crippen molar-refractivity contribution < 1.29 is 13.2 Å². The standard InChI is InChI=1S/C11H26N2O3S.ClH/c1-4-5-11(2)10-17(14,15)13-7-6-12-8-9-16-3;/h11-13H,4-10H2,1-3H3;1H. The summed E-state index contributed by atoms with van der Waals surface area (Å²) in [6.45, 7) is 6.48. The molecule has 1 unspecified atom stereocenters. The van der Waals surface area contributed by atoms with Crippen molar-refractivity contribution in [2.75, 3.05) is 39.1 Å². The molecule has 0 heterocycles. The Bertz CT molecular complexity index is 273. The van der Waals surface area contributed by atoms with E-state index >= 15 is 0 Å². The van der Waals surface area contributed by atoms with E-state index in [4.69, 9.17) is 4.74 Å². The average Bonchev–Trinajstić information content (AvgIpc) is 2.22. The Morgan fingerprint density at radius 1 is 1.22 bits per heavy atom. The van der Waals surface area contributed by atoms with E-state index in [0.29, 0.717) is 19.7 Å². The summed E-state index contributed by atoms with van der Waals surface area (Å²) in [6, 6.07) is 0.